The summed E-state index contributed by atoms with van der Waals surface area (Å²) in [5, 5.41) is 13.3. The fraction of sp³-hybridized carbons (Fsp3) is 0.500. The second-order valence-corrected chi connectivity index (χ2v) is 13.5. The molecule has 1 aliphatic carbocycles. The predicted octanol–water partition coefficient (Wildman–Crippen LogP) is 4.38. The number of carboxylic acids is 1. The van der Waals surface area contributed by atoms with E-state index in [2.05, 4.69) is 10.2 Å². The van der Waals surface area contributed by atoms with Gasteiger partial charge in [0.2, 0.25) is 15.7 Å². The summed E-state index contributed by atoms with van der Waals surface area (Å²) in [6.45, 7) is 3.47. The van der Waals surface area contributed by atoms with Gasteiger partial charge in [-0.3, -0.25) is 13.9 Å². The molecule has 0 unspecified atom stereocenters. The zero-order valence-corrected chi connectivity index (χ0v) is 24.9. The van der Waals surface area contributed by atoms with Crippen molar-refractivity contribution in [3.8, 4) is 11.3 Å². The van der Waals surface area contributed by atoms with Gasteiger partial charge in [0.05, 0.1) is 22.6 Å². The predicted molar refractivity (Wildman–Crippen MR) is 158 cm³/mol. The van der Waals surface area contributed by atoms with Crippen molar-refractivity contribution >= 4 is 38.8 Å². The summed E-state index contributed by atoms with van der Waals surface area (Å²) in [5.41, 5.74) is 2.24. The summed E-state index contributed by atoms with van der Waals surface area (Å²) in [6, 6.07) is 9.49. The van der Waals surface area contributed by atoms with Crippen LogP contribution in [0.2, 0.25) is 0 Å². The van der Waals surface area contributed by atoms with Crippen molar-refractivity contribution < 1.29 is 27.5 Å². The summed E-state index contributed by atoms with van der Waals surface area (Å²) in [7, 11) is -0.216. The molecule has 0 bridgehead atoms. The van der Waals surface area contributed by atoms with Crippen LogP contribution in [0.3, 0.4) is 0 Å². The van der Waals surface area contributed by atoms with Crippen molar-refractivity contribution in [1.29, 1.82) is 0 Å². The lowest BCUT2D eigenvalue weighted by Crippen LogP contribution is -2.43. The van der Waals surface area contributed by atoms with E-state index in [4.69, 9.17) is 9.40 Å². The van der Waals surface area contributed by atoms with Crippen molar-refractivity contribution in [1.82, 2.24) is 15.2 Å². The first-order chi connectivity index (χ1) is 19.4. The number of piperidine rings is 1. The third-order valence-corrected chi connectivity index (χ3v) is 9.68. The average molecular weight is 583 g/mol. The number of nitrogens with zero attached hydrogens (tertiary/aromatic N) is 3. The van der Waals surface area contributed by atoms with Gasteiger partial charge in [0.1, 0.15) is 11.6 Å². The van der Waals surface area contributed by atoms with Gasteiger partial charge in [-0.15, -0.1) is 0 Å². The number of nitrogens with one attached hydrogen (secondary N) is 1. The fourth-order valence-electron chi connectivity index (χ4n) is 5.79. The zero-order valence-electron chi connectivity index (χ0n) is 24.1. The van der Waals surface area contributed by atoms with Gasteiger partial charge in [0, 0.05) is 19.2 Å². The molecule has 2 fully saturated rings. The first-order valence-corrected chi connectivity index (χ1v) is 15.9. The Labute approximate surface area is 240 Å². The molecule has 5 rings (SSSR count). The Morgan fingerprint density at radius 3 is 2.41 bits per heavy atom. The molecule has 1 aliphatic heterocycles. The molecule has 2 N–H and O–H groups in total. The SMILES string of the molecule is CNC(=O)c1c(-c2ccc(C)cc2)oc2nc(N(CCCC3(C(=O)O)CCN(C)CC3)S(C)(=O)=O)c(C3CC3)cc12. The molecule has 0 radical (unpaired) electrons. The molecule has 3 aromatic rings. The van der Waals surface area contributed by atoms with E-state index in [1.165, 1.54) is 4.31 Å². The number of amides is 1. The van der Waals surface area contributed by atoms with Gasteiger partial charge in [-0.1, -0.05) is 29.8 Å². The van der Waals surface area contributed by atoms with Crippen LogP contribution in [0.5, 0.6) is 0 Å². The van der Waals surface area contributed by atoms with Crippen LogP contribution in [0.4, 0.5) is 5.82 Å². The van der Waals surface area contributed by atoms with Crippen LogP contribution >= 0.6 is 0 Å². The summed E-state index contributed by atoms with van der Waals surface area (Å²) < 4.78 is 33.8. The van der Waals surface area contributed by atoms with Crippen LogP contribution in [-0.4, -0.2) is 75.3 Å². The number of aryl methyl sites for hydroxylation is 1. The number of aliphatic carboxylic acids is 1. The average Bonchev–Trinajstić information content (AvgIpc) is 3.71. The lowest BCUT2D eigenvalue weighted by molar-refractivity contribution is -0.152. The molecule has 3 heterocycles. The molecule has 1 amide bonds. The van der Waals surface area contributed by atoms with E-state index in [-0.39, 0.29) is 24.1 Å². The molecule has 2 aliphatic rings. The number of aromatic nitrogens is 1. The number of sulfonamides is 1. The van der Waals surface area contributed by atoms with E-state index in [0.29, 0.717) is 61.3 Å². The fourth-order valence-corrected chi connectivity index (χ4v) is 6.71. The summed E-state index contributed by atoms with van der Waals surface area (Å²) in [5.74, 6) is -0.339. The standard InChI is InChI=1S/C30H38N4O6S/c1-19-6-8-21(9-7-19)25-24(27(35)31-2)23-18-22(20-10-11-20)26(32-28(23)40-25)34(41(4,38)39)15-5-12-30(29(36)37)13-16-33(3)17-14-30/h6-9,18,20H,5,10-17H2,1-4H3,(H,31,35)(H,36,37). The number of carbonyl (C=O) groups is 2. The van der Waals surface area contributed by atoms with Gasteiger partial charge in [0.15, 0.2) is 0 Å². The molecule has 0 spiro atoms. The second kappa shape index (κ2) is 11.1. The Morgan fingerprint density at radius 2 is 1.85 bits per heavy atom. The highest BCUT2D eigenvalue weighted by Gasteiger charge is 2.41. The second-order valence-electron chi connectivity index (χ2n) is 11.6. The Bertz CT molecular complexity index is 1570. The number of anilines is 1. The number of hydrogen-bond donors (Lipinski definition) is 2. The molecular weight excluding hydrogens is 544 g/mol. The quantitative estimate of drug-likeness (QED) is 0.360. The Kier molecular flexibility index (Phi) is 7.86. The van der Waals surface area contributed by atoms with Crippen molar-refractivity contribution in [2.45, 2.75) is 51.4 Å². The molecule has 1 saturated heterocycles. The Hall–Kier alpha value is -3.44. The zero-order chi connectivity index (χ0) is 29.5. The number of likely N-dealkylation sites (tertiary alicyclic amines) is 1. The van der Waals surface area contributed by atoms with Gasteiger partial charge < -0.3 is 19.7 Å². The third-order valence-electron chi connectivity index (χ3n) is 8.53. The van der Waals surface area contributed by atoms with Crippen LogP contribution in [0, 0.1) is 12.3 Å². The van der Waals surface area contributed by atoms with E-state index in [1.54, 1.807) is 7.05 Å². The van der Waals surface area contributed by atoms with Crippen molar-refractivity contribution in [2.75, 3.05) is 44.3 Å². The largest absolute Gasteiger partial charge is 0.481 e. The van der Waals surface area contributed by atoms with E-state index in [1.807, 2.05) is 44.3 Å². The molecule has 10 nitrogen and oxygen atoms in total. The van der Waals surface area contributed by atoms with Gasteiger partial charge in [0.25, 0.3) is 5.91 Å². The smallest absolute Gasteiger partial charge is 0.309 e. The van der Waals surface area contributed by atoms with Crippen LogP contribution in [0.15, 0.2) is 34.7 Å². The molecule has 2 aromatic heterocycles. The van der Waals surface area contributed by atoms with E-state index in [0.717, 1.165) is 35.8 Å². The molecule has 220 valence electrons. The highest BCUT2D eigenvalue weighted by atomic mass is 32.2. The summed E-state index contributed by atoms with van der Waals surface area (Å²) in [4.78, 5) is 32.2. The summed E-state index contributed by atoms with van der Waals surface area (Å²) >= 11 is 0. The molecule has 1 saturated carbocycles. The highest BCUT2D eigenvalue weighted by Crippen LogP contribution is 2.47. The number of carboxylic acid groups (broad SMARTS) is 1. The number of furan rings is 1. The lowest BCUT2D eigenvalue weighted by atomic mass is 9.75. The number of rotatable bonds is 10. The molecule has 0 atom stereocenters. The third kappa shape index (κ3) is 5.83. The maximum Gasteiger partial charge on any atom is 0.309 e. The number of carbonyl (C=O) groups excluding carboxylic acids is 1. The minimum absolute atomic E-state index is 0.107. The van der Waals surface area contributed by atoms with E-state index >= 15 is 0 Å². The van der Waals surface area contributed by atoms with Gasteiger partial charge in [-0.25, -0.2) is 8.42 Å². The monoisotopic (exact) mass is 582 g/mol. The first-order valence-electron chi connectivity index (χ1n) is 14.1. The van der Waals surface area contributed by atoms with Crippen molar-refractivity contribution in [3.05, 3.63) is 47.0 Å². The topological polar surface area (TPSA) is 133 Å². The molecule has 11 heteroatoms. The van der Waals surface area contributed by atoms with Crippen molar-refractivity contribution in [3.63, 3.8) is 0 Å². The van der Waals surface area contributed by atoms with Crippen molar-refractivity contribution in [2.24, 2.45) is 5.41 Å². The van der Waals surface area contributed by atoms with Crippen LogP contribution in [0.1, 0.15) is 65.9 Å². The van der Waals surface area contributed by atoms with Crippen LogP contribution in [-0.2, 0) is 14.8 Å². The maximum atomic E-state index is 13.2. The summed E-state index contributed by atoms with van der Waals surface area (Å²) in [6.07, 6.45) is 4.76. The first kappa shape index (κ1) is 29.1. The van der Waals surface area contributed by atoms with Crippen LogP contribution in [0.25, 0.3) is 22.4 Å². The van der Waals surface area contributed by atoms with Gasteiger partial charge in [-0.05, 0) is 83.1 Å². The van der Waals surface area contributed by atoms with E-state index < -0.39 is 21.4 Å². The minimum Gasteiger partial charge on any atom is -0.481 e. The van der Waals surface area contributed by atoms with Gasteiger partial charge >= 0.3 is 5.97 Å². The molecular formula is C30H38N4O6S. The normalized spacial score (nSPS) is 17.5. The Balaban J connectivity index is 1.55. The molecule has 41 heavy (non-hydrogen) atoms. The number of hydrogen-bond acceptors (Lipinski definition) is 7. The highest BCUT2D eigenvalue weighted by molar-refractivity contribution is 7.92. The van der Waals surface area contributed by atoms with Gasteiger partial charge in [-0.2, -0.15) is 4.98 Å². The minimum atomic E-state index is -3.75. The maximum absolute atomic E-state index is 13.2. The number of pyridine rings is 1. The van der Waals surface area contributed by atoms with E-state index in [9.17, 15) is 23.1 Å². The number of fused-ring (bicyclic) bond motifs is 1. The lowest BCUT2D eigenvalue weighted by Gasteiger charge is -2.37. The number of benzene rings is 1. The Morgan fingerprint density at radius 1 is 1.20 bits per heavy atom. The van der Waals surface area contributed by atoms with Crippen LogP contribution < -0.4 is 9.62 Å². The molecule has 1 aromatic carbocycles.